The molecule has 1 aliphatic heterocycles. The summed E-state index contributed by atoms with van der Waals surface area (Å²) in [6.07, 6.45) is 0.838. The number of hydrogen-bond acceptors (Lipinski definition) is 3. The van der Waals surface area contributed by atoms with E-state index in [9.17, 15) is 9.59 Å². The number of rotatable bonds is 5. The highest BCUT2D eigenvalue weighted by molar-refractivity contribution is 8.03. The third kappa shape index (κ3) is 4.12. The summed E-state index contributed by atoms with van der Waals surface area (Å²) in [5, 5.41) is 4.88. The van der Waals surface area contributed by atoms with Crippen LogP contribution in [0.15, 0.2) is 60.0 Å². The molecule has 25 heavy (non-hydrogen) atoms. The number of amides is 2. The molecule has 1 aliphatic rings. The van der Waals surface area contributed by atoms with Crippen LogP contribution < -0.4 is 5.32 Å². The van der Waals surface area contributed by atoms with Crippen LogP contribution in [-0.4, -0.2) is 29.0 Å². The lowest BCUT2D eigenvalue weighted by molar-refractivity contribution is -0.129. The van der Waals surface area contributed by atoms with Gasteiger partial charge >= 0.3 is 0 Å². The molecule has 0 saturated heterocycles. The number of benzene rings is 2. The van der Waals surface area contributed by atoms with Gasteiger partial charge in [-0.1, -0.05) is 55.5 Å². The van der Waals surface area contributed by atoms with Gasteiger partial charge in [0.2, 0.25) is 11.8 Å². The van der Waals surface area contributed by atoms with Crippen molar-refractivity contribution in [3.8, 4) is 0 Å². The summed E-state index contributed by atoms with van der Waals surface area (Å²) in [5.41, 5.74) is 3.60. The predicted octanol–water partition coefficient (Wildman–Crippen LogP) is 3.76. The van der Waals surface area contributed by atoms with E-state index in [4.69, 9.17) is 0 Å². The van der Waals surface area contributed by atoms with Gasteiger partial charge in [0, 0.05) is 5.69 Å². The number of anilines is 1. The topological polar surface area (TPSA) is 49.4 Å². The van der Waals surface area contributed by atoms with Crippen molar-refractivity contribution < 1.29 is 9.59 Å². The Morgan fingerprint density at radius 3 is 2.60 bits per heavy atom. The van der Waals surface area contributed by atoms with Gasteiger partial charge in [0.1, 0.15) is 6.54 Å². The molecule has 4 nitrogen and oxygen atoms in total. The Hall–Kier alpha value is -2.53. The number of carbonyl (C=O) groups is 2. The van der Waals surface area contributed by atoms with Crippen molar-refractivity contribution in [1.82, 2.24) is 4.90 Å². The molecule has 1 N–H and O–H groups in total. The van der Waals surface area contributed by atoms with Gasteiger partial charge in [-0.3, -0.25) is 9.59 Å². The van der Waals surface area contributed by atoms with Gasteiger partial charge < -0.3 is 10.2 Å². The smallest absolute Gasteiger partial charge is 0.244 e. The van der Waals surface area contributed by atoms with E-state index in [1.165, 1.54) is 11.8 Å². The molecule has 2 aromatic carbocycles. The Morgan fingerprint density at radius 1 is 1.12 bits per heavy atom. The molecule has 3 rings (SSSR count). The average Bonchev–Trinajstić information content (AvgIpc) is 2.64. The fraction of sp³-hybridized carbons (Fsp3) is 0.200. The second-order valence-electron chi connectivity index (χ2n) is 5.72. The molecule has 0 spiro atoms. The molecule has 1 heterocycles. The van der Waals surface area contributed by atoms with E-state index in [-0.39, 0.29) is 18.4 Å². The molecule has 5 heteroatoms. The zero-order valence-corrected chi connectivity index (χ0v) is 14.9. The fourth-order valence-electron chi connectivity index (χ4n) is 2.76. The van der Waals surface area contributed by atoms with Gasteiger partial charge in [0.25, 0.3) is 0 Å². The summed E-state index contributed by atoms with van der Waals surface area (Å²) in [4.78, 5) is 26.5. The lowest BCUT2D eigenvalue weighted by Crippen LogP contribution is -2.39. The zero-order chi connectivity index (χ0) is 17.6. The first-order chi connectivity index (χ1) is 12.2. The fourth-order valence-corrected chi connectivity index (χ4v) is 3.56. The van der Waals surface area contributed by atoms with Gasteiger partial charge in [-0.2, -0.15) is 0 Å². The molecule has 0 fully saturated rings. The monoisotopic (exact) mass is 352 g/mol. The minimum absolute atomic E-state index is 0.0121. The Morgan fingerprint density at radius 2 is 1.84 bits per heavy atom. The van der Waals surface area contributed by atoms with Crippen LogP contribution >= 0.6 is 11.8 Å². The number of thioether (sulfide) groups is 1. The van der Waals surface area contributed by atoms with E-state index in [1.54, 1.807) is 4.90 Å². The van der Waals surface area contributed by atoms with E-state index < -0.39 is 0 Å². The highest BCUT2D eigenvalue weighted by Crippen LogP contribution is 2.28. The predicted molar refractivity (Wildman–Crippen MR) is 103 cm³/mol. The first kappa shape index (κ1) is 17.3. The number of carbonyl (C=O) groups excluding carboxylic acids is 2. The normalized spacial score (nSPS) is 14.2. The SMILES string of the molecule is CCc1ccccc1NC(=O)CN1C(=O)CSC=C1c1ccccc1. The molecule has 128 valence electrons. The molecule has 2 amide bonds. The maximum Gasteiger partial charge on any atom is 0.244 e. The van der Waals surface area contributed by atoms with Crippen LogP contribution in [0.1, 0.15) is 18.1 Å². The second kappa shape index (κ2) is 8.03. The Labute approximate surface area is 151 Å². The first-order valence-corrected chi connectivity index (χ1v) is 9.29. The van der Waals surface area contributed by atoms with E-state index >= 15 is 0 Å². The van der Waals surface area contributed by atoms with Crippen molar-refractivity contribution in [3.05, 3.63) is 71.1 Å². The number of aryl methyl sites for hydroxylation is 1. The molecule has 0 unspecified atom stereocenters. The highest BCUT2D eigenvalue weighted by Gasteiger charge is 2.25. The average molecular weight is 352 g/mol. The van der Waals surface area contributed by atoms with Crippen LogP contribution in [0.2, 0.25) is 0 Å². The van der Waals surface area contributed by atoms with Gasteiger partial charge in [0.15, 0.2) is 0 Å². The maximum absolute atomic E-state index is 12.5. The molecule has 0 aliphatic carbocycles. The molecule has 0 saturated carbocycles. The Balaban J connectivity index is 1.77. The highest BCUT2D eigenvalue weighted by atomic mass is 32.2. The molecule has 2 aromatic rings. The van der Waals surface area contributed by atoms with Gasteiger partial charge in [-0.25, -0.2) is 0 Å². The van der Waals surface area contributed by atoms with E-state index in [0.29, 0.717) is 5.75 Å². The standard InChI is InChI=1S/C20H20N2O2S/c1-2-15-8-6-7-11-17(15)21-19(23)12-22-18(13-25-14-20(22)24)16-9-4-3-5-10-16/h3-11,13H,2,12,14H2,1H3,(H,21,23). The van der Waals surface area contributed by atoms with Crippen LogP contribution in [-0.2, 0) is 16.0 Å². The number of hydrogen-bond donors (Lipinski definition) is 1. The lowest BCUT2D eigenvalue weighted by Gasteiger charge is -2.28. The summed E-state index contributed by atoms with van der Waals surface area (Å²) < 4.78 is 0. The van der Waals surface area contributed by atoms with Crippen molar-refractivity contribution >= 4 is 35.0 Å². The van der Waals surface area contributed by atoms with Gasteiger partial charge in [0.05, 0.1) is 11.4 Å². The van der Waals surface area contributed by atoms with Crippen molar-refractivity contribution in [2.24, 2.45) is 0 Å². The van der Waals surface area contributed by atoms with Crippen LogP contribution in [0, 0.1) is 0 Å². The van der Waals surface area contributed by atoms with Crippen LogP contribution in [0.25, 0.3) is 5.70 Å². The summed E-state index contributed by atoms with van der Waals surface area (Å²) >= 11 is 1.46. The van der Waals surface area contributed by atoms with Crippen molar-refractivity contribution in [3.63, 3.8) is 0 Å². The minimum atomic E-state index is -0.192. The molecule has 0 atom stereocenters. The summed E-state index contributed by atoms with van der Waals surface area (Å²) in [6.45, 7) is 2.06. The quantitative estimate of drug-likeness (QED) is 0.891. The molecule has 0 aromatic heterocycles. The minimum Gasteiger partial charge on any atom is -0.324 e. The molecule has 0 radical (unpaired) electrons. The van der Waals surface area contributed by atoms with E-state index in [1.807, 2.05) is 66.9 Å². The lowest BCUT2D eigenvalue weighted by atomic mass is 10.1. The molecular weight excluding hydrogens is 332 g/mol. The maximum atomic E-state index is 12.5. The summed E-state index contributed by atoms with van der Waals surface area (Å²) in [7, 11) is 0. The van der Waals surface area contributed by atoms with Gasteiger partial charge in [-0.15, -0.1) is 11.8 Å². The number of nitrogens with zero attached hydrogens (tertiary/aromatic N) is 1. The Bertz CT molecular complexity index is 802. The van der Waals surface area contributed by atoms with E-state index in [0.717, 1.165) is 28.9 Å². The third-order valence-electron chi connectivity index (χ3n) is 4.04. The van der Waals surface area contributed by atoms with Crippen molar-refractivity contribution in [2.75, 3.05) is 17.6 Å². The largest absolute Gasteiger partial charge is 0.324 e. The summed E-state index contributed by atoms with van der Waals surface area (Å²) in [5.74, 6) is 0.114. The summed E-state index contributed by atoms with van der Waals surface area (Å²) in [6, 6.07) is 17.4. The Kier molecular flexibility index (Phi) is 5.56. The van der Waals surface area contributed by atoms with Crippen molar-refractivity contribution in [2.45, 2.75) is 13.3 Å². The number of nitrogens with one attached hydrogen (secondary N) is 1. The van der Waals surface area contributed by atoms with Gasteiger partial charge in [-0.05, 0) is 29.0 Å². The van der Waals surface area contributed by atoms with Crippen LogP contribution in [0.5, 0.6) is 0 Å². The van der Waals surface area contributed by atoms with E-state index in [2.05, 4.69) is 5.32 Å². The third-order valence-corrected chi connectivity index (χ3v) is 4.84. The number of para-hydroxylation sites is 1. The molecule has 0 bridgehead atoms. The zero-order valence-electron chi connectivity index (χ0n) is 14.1. The second-order valence-corrected chi connectivity index (χ2v) is 6.58. The van der Waals surface area contributed by atoms with Crippen LogP contribution in [0.3, 0.4) is 0 Å². The van der Waals surface area contributed by atoms with Crippen LogP contribution in [0.4, 0.5) is 5.69 Å². The molecular formula is C20H20N2O2S. The first-order valence-electron chi connectivity index (χ1n) is 8.24. The van der Waals surface area contributed by atoms with Crippen molar-refractivity contribution in [1.29, 1.82) is 0 Å².